The van der Waals surface area contributed by atoms with Crippen molar-refractivity contribution in [3.8, 4) is 0 Å². The molecule has 0 radical (unpaired) electrons. The summed E-state index contributed by atoms with van der Waals surface area (Å²) in [4.78, 5) is 19.2. The third kappa shape index (κ3) is 6.23. The molecule has 0 unspecified atom stereocenters. The van der Waals surface area contributed by atoms with Gasteiger partial charge in [0.2, 0.25) is 0 Å². The van der Waals surface area contributed by atoms with Crippen molar-refractivity contribution in [3.63, 3.8) is 0 Å². The number of nitrogens with one attached hydrogen (secondary N) is 1. The van der Waals surface area contributed by atoms with Crippen LogP contribution in [-0.4, -0.2) is 42.0 Å². The molecule has 1 aliphatic heterocycles. The van der Waals surface area contributed by atoms with Gasteiger partial charge >= 0.3 is 0 Å². The van der Waals surface area contributed by atoms with Crippen LogP contribution in [0.3, 0.4) is 0 Å². The van der Waals surface area contributed by atoms with E-state index < -0.39 is 0 Å². The van der Waals surface area contributed by atoms with E-state index in [1.807, 2.05) is 28.5 Å². The molecule has 7 heteroatoms. The van der Waals surface area contributed by atoms with Crippen molar-refractivity contribution in [2.75, 3.05) is 26.2 Å². The molecular formula is C19H27Cl2N3OS. The van der Waals surface area contributed by atoms with Crippen molar-refractivity contribution in [3.05, 3.63) is 52.0 Å². The SMILES string of the molecule is CCNCC1CCN(C(=O)c2csc(Cc3ccccc3)n2)CC1.Cl.Cl. The molecule has 1 aromatic heterocycles. The maximum absolute atomic E-state index is 12.6. The normalized spacial score (nSPS) is 14.4. The Hall–Kier alpha value is -1.14. The molecule has 1 aliphatic rings. The average Bonchev–Trinajstić information content (AvgIpc) is 3.09. The molecule has 1 saturated heterocycles. The molecule has 1 amide bonds. The smallest absolute Gasteiger partial charge is 0.273 e. The lowest BCUT2D eigenvalue weighted by molar-refractivity contribution is 0.0685. The minimum Gasteiger partial charge on any atom is -0.337 e. The Balaban J connectivity index is 0.00000169. The molecule has 1 fully saturated rings. The molecular weight excluding hydrogens is 389 g/mol. The number of carbonyl (C=O) groups is 1. The number of carbonyl (C=O) groups excluding carboxylic acids is 1. The minimum absolute atomic E-state index is 0. The first-order valence-electron chi connectivity index (χ1n) is 8.74. The Morgan fingerprint density at radius 2 is 1.92 bits per heavy atom. The summed E-state index contributed by atoms with van der Waals surface area (Å²) in [5.74, 6) is 0.783. The number of thiazole rings is 1. The maximum atomic E-state index is 12.6. The quantitative estimate of drug-likeness (QED) is 0.773. The number of likely N-dealkylation sites (tertiary alicyclic amines) is 1. The van der Waals surface area contributed by atoms with Gasteiger partial charge in [-0.05, 0) is 37.4 Å². The van der Waals surface area contributed by atoms with Crippen LogP contribution in [0.4, 0.5) is 0 Å². The van der Waals surface area contributed by atoms with Gasteiger partial charge in [-0.1, -0.05) is 37.3 Å². The van der Waals surface area contributed by atoms with E-state index in [4.69, 9.17) is 0 Å². The number of benzene rings is 1. The van der Waals surface area contributed by atoms with Crippen molar-refractivity contribution in [2.45, 2.75) is 26.2 Å². The summed E-state index contributed by atoms with van der Waals surface area (Å²) in [5.41, 5.74) is 1.84. The highest BCUT2D eigenvalue weighted by Crippen LogP contribution is 2.20. The summed E-state index contributed by atoms with van der Waals surface area (Å²) in [6.07, 6.45) is 2.96. The van der Waals surface area contributed by atoms with Gasteiger partial charge in [0.05, 0.1) is 5.01 Å². The molecule has 0 bridgehead atoms. The van der Waals surface area contributed by atoms with Crippen molar-refractivity contribution >= 4 is 42.1 Å². The summed E-state index contributed by atoms with van der Waals surface area (Å²) < 4.78 is 0. The van der Waals surface area contributed by atoms with Crippen molar-refractivity contribution in [1.29, 1.82) is 0 Å². The Bertz CT molecular complexity index is 658. The first-order chi connectivity index (χ1) is 11.8. The molecule has 2 heterocycles. The molecule has 0 saturated carbocycles. The van der Waals surface area contributed by atoms with E-state index in [0.717, 1.165) is 50.4 Å². The van der Waals surface area contributed by atoms with Crippen LogP contribution in [0.25, 0.3) is 0 Å². The molecule has 0 aliphatic carbocycles. The summed E-state index contributed by atoms with van der Waals surface area (Å²) >= 11 is 1.58. The van der Waals surface area contributed by atoms with E-state index >= 15 is 0 Å². The second kappa shape index (κ2) is 11.5. The lowest BCUT2D eigenvalue weighted by Crippen LogP contribution is -2.40. The zero-order valence-corrected chi connectivity index (χ0v) is 17.5. The predicted molar refractivity (Wildman–Crippen MR) is 113 cm³/mol. The van der Waals surface area contributed by atoms with Crippen molar-refractivity contribution in [2.24, 2.45) is 5.92 Å². The lowest BCUT2D eigenvalue weighted by atomic mass is 9.96. The first kappa shape index (κ1) is 22.9. The van der Waals surface area contributed by atoms with E-state index in [0.29, 0.717) is 11.6 Å². The molecule has 4 nitrogen and oxygen atoms in total. The minimum atomic E-state index is 0. The van der Waals surface area contributed by atoms with Crippen LogP contribution in [0, 0.1) is 5.92 Å². The van der Waals surface area contributed by atoms with E-state index in [9.17, 15) is 4.79 Å². The zero-order chi connectivity index (χ0) is 16.8. The van der Waals surface area contributed by atoms with E-state index in [-0.39, 0.29) is 30.7 Å². The van der Waals surface area contributed by atoms with Gasteiger partial charge in [-0.3, -0.25) is 4.79 Å². The van der Waals surface area contributed by atoms with Crippen LogP contribution in [-0.2, 0) is 6.42 Å². The van der Waals surface area contributed by atoms with Crippen LogP contribution in [0.1, 0.15) is 40.8 Å². The van der Waals surface area contributed by atoms with Crippen LogP contribution in [0.5, 0.6) is 0 Å². The Kier molecular flexibility index (Phi) is 10.2. The second-order valence-electron chi connectivity index (χ2n) is 6.33. The topological polar surface area (TPSA) is 45.2 Å². The molecule has 144 valence electrons. The fraction of sp³-hybridized carbons (Fsp3) is 0.474. The Labute approximate surface area is 172 Å². The van der Waals surface area contributed by atoms with Gasteiger partial charge in [-0.2, -0.15) is 0 Å². The molecule has 26 heavy (non-hydrogen) atoms. The summed E-state index contributed by atoms with van der Waals surface area (Å²) in [6, 6.07) is 10.3. The Morgan fingerprint density at radius 3 is 2.58 bits per heavy atom. The number of halogens is 2. The highest BCUT2D eigenvalue weighted by Gasteiger charge is 2.24. The van der Waals surface area contributed by atoms with Gasteiger partial charge in [0, 0.05) is 24.9 Å². The molecule has 1 aromatic carbocycles. The average molecular weight is 416 g/mol. The highest BCUT2D eigenvalue weighted by atomic mass is 35.5. The van der Waals surface area contributed by atoms with Gasteiger partial charge in [0.25, 0.3) is 5.91 Å². The van der Waals surface area contributed by atoms with E-state index in [1.165, 1.54) is 5.56 Å². The van der Waals surface area contributed by atoms with Gasteiger partial charge in [0.1, 0.15) is 5.69 Å². The fourth-order valence-corrected chi connectivity index (χ4v) is 3.91. The third-order valence-electron chi connectivity index (χ3n) is 4.55. The molecule has 0 atom stereocenters. The number of nitrogens with zero attached hydrogens (tertiary/aromatic N) is 2. The van der Waals surface area contributed by atoms with E-state index in [2.05, 4.69) is 29.4 Å². The van der Waals surface area contributed by atoms with Crippen LogP contribution in [0.15, 0.2) is 35.7 Å². The number of rotatable bonds is 6. The van der Waals surface area contributed by atoms with Crippen LogP contribution in [0.2, 0.25) is 0 Å². The number of hydrogen-bond donors (Lipinski definition) is 1. The van der Waals surface area contributed by atoms with Gasteiger partial charge in [-0.25, -0.2) is 4.98 Å². The maximum Gasteiger partial charge on any atom is 0.273 e. The van der Waals surface area contributed by atoms with E-state index in [1.54, 1.807) is 11.3 Å². The monoisotopic (exact) mass is 415 g/mol. The molecule has 0 spiro atoms. The van der Waals surface area contributed by atoms with Gasteiger partial charge < -0.3 is 10.2 Å². The predicted octanol–water partition coefficient (Wildman–Crippen LogP) is 4.04. The Morgan fingerprint density at radius 1 is 1.23 bits per heavy atom. The summed E-state index contributed by atoms with van der Waals surface area (Å²) in [5, 5.41) is 6.32. The lowest BCUT2D eigenvalue weighted by Gasteiger charge is -2.31. The van der Waals surface area contributed by atoms with Gasteiger partial charge in [-0.15, -0.1) is 36.2 Å². The van der Waals surface area contributed by atoms with Crippen molar-refractivity contribution in [1.82, 2.24) is 15.2 Å². The summed E-state index contributed by atoms with van der Waals surface area (Å²) in [7, 11) is 0. The highest BCUT2D eigenvalue weighted by molar-refractivity contribution is 7.09. The standard InChI is InChI=1S/C19H25N3OS.2ClH/c1-2-20-13-16-8-10-22(11-9-16)19(23)17-14-24-18(21-17)12-15-6-4-3-5-7-15;;/h3-7,14,16,20H,2,8-13H2,1H3;2*1H. The number of amides is 1. The van der Waals surface area contributed by atoms with Gasteiger partial charge in [0.15, 0.2) is 0 Å². The number of piperidine rings is 1. The first-order valence-corrected chi connectivity index (χ1v) is 9.62. The zero-order valence-electron chi connectivity index (χ0n) is 15.0. The second-order valence-corrected chi connectivity index (χ2v) is 7.27. The summed E-state index contributed by atoms with van der Waals surface area (Å²) in [6.45, 7) is 5.91. The van der Waals surface area contributed by atoms with Crippen LogP contribution < -0.4 is 5.32 Å². The fourth-order valence-electron chi connectivity index (χ4n) is 3.11. The number of aromatic nitrogens is 1. The number of hydrogen-bond acceptors (Lipinski definition) is 4. The molecule has 1 N–H and O–H groups in total. The van der Waals surface area contributed by atoms with Crippen molar-refractivity contribution < 1.29 is 4.79 Å². The third-order valence-corrected chi connectivity index (χ3v) is 5.40. The molecule has 3 rings (SSSR count). The largest absolute Gasteiger partial charge is 0.337 e. The van der Waals surface area contributed by atoms with Crippen LogP contribution >= 0.6 is 36.2 Å². The molecule has 2 aromatic rings.